The van der Waals surface area contributed by atoms with E-state index >= 15 is 0 Å². The van der Waals surface area contributed by atoms with Crippen LogP contribution in [0.25, 0.3) is 0 Å². The van der Waals surface area contributed by atoms with E-state index in [2.05, 4.69) is 0 Å². The number of nitrogens with one attached hydrogen (secondary N) is 1. The van der Waals surface area contributed by atoms with Crippen LogP contribution in [0.5, 0.6) is 0 Å². The number of hydrogen-bond donors (Lipinski definition) is 2. The predicted molar refractivity (Wildman–Crippen MR) is 50.4 cm³/mol. The Morgan fingerprint density at radius 2 is 2.23 bits per heavy atom. The van der Waals surface area contributed by atoms with Gasteiger partial charge in [-0.1, -0.05) is 20.8 Å². The van der Waals surface area contributed by atoms with Gasteiger partial charge in [0.1, 0.15) is 11.9 Å². The Hall–Kier alpha value is -0.610. The van der Waals surface area contributed by atoms with Crippen LogP contribution in [-0.4, -0.2) is 34.9 Å². The maximum absolute atomic E-state index is 9.47. The van der Waals surface area contributed by atoms with E-state index < -0.39 is 6.41 Å². The van der Waals surface area contributed by atoms with Gasteiger partial charge in [-0.3, -0.25) is 5.41 Å². The van der Waals surface area contributed by atoms with Crippen LogP contribution in [0.2, 0.25) is 0 Å². The van der Waals surface area contributed by atoms with Crippen LogP contribution in [0.1, 0.15) is 27.2 Å². The molecule has 2 N–H and O–H groups in total. The van der Waals surface area contributed by atoms with Crippen LogP contribution in [0, 0.1) is 11.3 Å². The molecule has 0 spiro atoms. The third-order valence-electron chi connectivity index (χ3n) is 2.18. The third-order valence-corrected chi connectivity index (χ3v) is 2.18. The summed E-state index contributed by atoms with van der Waals surface area (Å²) in [5.41, 5.74) is 0. The first-order valence-corrected chi connectivity index (χ1v) is 4.76. The predicted octanol–water partition coefficient (Wildman–Crippen LogP) is 1.01. The largest absolute Gasteiger partial charge is 0.351 e. The number of nitrogens with zero attached hydrogens (tertiary/aromatic N) is 1. The van der Waals surface area contributed by atoms with Gasteiger partial charge < -0.3 is 14.7 Å². The van der Waals surface area contributed by atoms with Crippen molar-refractivity contribution >= 4 is 5.84 Å². The van der Waals surface area contributed by atoms with Crippen LogP contribution in [0.15, 0.2) is 0 Å². The Labute approximate surface area is 79.0 Å². The van der Waals surface area contributed by atoms with Crippen LogP contribution in [-0.2, 0) is 4.74 Å². The summed E-state index contributed by atoms with van der Waals surface area (Å²) in [6.07, 6.45) is -0.255. The lowest BCUT2D eigenvalue weighted by atomic mass is 10.1. The highest BCUT2D eigenvalue weighted by atomic mass is 16.6. The molecule has 1 fully saturated rings. The number of amidine groups is 1. The zero-order chi connectivity index (χ0) is 10.0. The molecule has 1 aliphatic heterocycles. The van der Waals surface area contributed by atoms with Crippen molar-refractivity contribution in [2.75, 3.05) is 6.54 Å². The Balaban J connectivity index is 2.64. The van der Waals surface area contributed by atoms with E-state index in [0.29, 0.717) is 12.4 Å². The molecule has 0 aromatic heterocycles. The second-order valence-electron chi connectivity index (χ2n) is 3.71. The molecule has 0 aromatic carbocycles. The van der Waals surface area contributed by atoms with Crippen LogP contribution < -0.4 is 0 Å². The highest BCUT2D eigenvalue weighted by Crippen LogP contribution is 2.21. The average molecular weight is 186 g/mol. The minimum atomic E-state index is -0.917. The number of aliphatic hydroxyl groups is 1. The second-order valence-corrected chi connectivity index (χ2v) is 3.71. The standard InChI is InChI=1S/C9H18N2O2/c1-4-5-11-8(10)7(6(2)3)13-9(11)12/h6-7,9-10,12H,4-5H2,1-3H3. The SMILES string of the molecule is CCCN1C(=N)C(C(C)C)OC1O. The van der Waals surface area contributed by atoms with E-state index in [1.807, 2.05) is 20.8 Å². The zero-order valence-corrected chi connectivity index (χ0v) is 8.45. The molecule has 0 aliphatic carbocycles. The fraction of sp³-hybridized carbons (Fsp3) is 0.889. The Morgan fingerprint density at radius 1 is 1.62 bits per heavy atom. The summed E-state index contributed by atoms with van der Waals surface area (Å²) in [5.74, 6) is 0.647. The van der Waals surface area contributed by atoms with Gasteiger partial charge in [-0.25, -0.2) is 0 Å². The monoisotopic (exact) mass is 186 g/mol. The van der Waals surface area contributed by atoms with E-state index in [4.69, 9.17) is 10.1 Å². The molecule has 0 saturated carbocycles. The van der Waals surface area contributed by atoms with Gasteiger partial charge in [-0.15, -0.1) is 0 Å². The first-order chi connectivity index (χ1) is 6.07. The van der Waals surface area contributed by atoms with Gasteiger partial charge in [0.2, 0.25) is 6.41 Å². The van der Waals surface area contributed by atoms with Crippen molar-refractivity contribution in [1.29, 1.82) is 5.41 Å². The van der Waals surface area contributed by atoms with Crippen LogP contribution in [0.3, 0.4) is 0 Å². The Kier molecular flexibility index (Phi) is 3.27. The second kappa shape index (κ2) is 4.07. The summed E-state index contributed by atoms with van der Waals surface area (Å²) in [7, 11) is 0. The lowest BCUT2D eigenvalue weighted by molar-refractivity contribution is -0.153. The number of hydrogen-bond acceptors (Lipinski definition) is 3. The smallest absolute Gasteiger partial charge is 0.239 e. The van der Waals surface area contributed by atoms with Crippen LogP contribution >= 0.6 is 0 Å². The van der Waals surface area contributed by atoms with E-state index in [-0.39, 0.29) is 12.0 Å². The summed E-state index contributed by atoms with van der Waals surface area (Å²) in [6.45, 7) is 6.68. The first kappa shape index (κ1) is 10.5. The zero-order valence-electron chi connectivity index (χ0n) is 8.45. The van der Waals surface area contributed by atoms with Gasteiger partial charge in [-0.2, -0.15) is 0 Å². The van der Waals surface area contributed by atoms with E-state index in [0.717, 1.165) is 6.42 Å². The van der Waals surface area contributed by atoms with Gasteiger partial charge in [0, 0.05) is 6.54 Å². The topological polar surface area (TPSA) is 56.6 Å². The van der Waals surface area contributed by atoms with Crippen molar-refractivity contribution in [2.45, 2.75) is 39.7 Å². The number of aliphatic hydroxyl groups excluding tert-OH is 1. The minimum absolute atomic E-state index is 0.240. The molecule has 1 heterocycles. The molecular formula is C9H18N2O2. The van der Waals surface area contributed by atoms with Gasteiger partial charge >= 0.3 is 0 Å². The molecule has 2 unspecified atom stereocenters. The quantitative estimate of drug-likeness (QED) is 0.691. The molecule has 76 valence electrons. The highest BCUT2D eigenvalue weighted by molar-refractivity contribution is 5.85. The van der Waals surface area contributed by atoms with Gasteiger partial charge in [0.05, 0.1) is 0 Å². The fourth-order valence-corrected chi connectivity index (χ4v) is 1.50. The van der Waals surface area contributed by atoms with Gasteiger partial charge in [-0.05, 0) is 12.3 Å². The van der Waals surface area contributed by atoms with Gasteiger partial charge in [0.25, 0.3) is 0 Å². The third kappa shape index (κ3) is 2.00. The fourth-order valence-electron chi connectivity index (χ4n) is 1.50. The first-order valence-electron chi connectivity index (χ1n) is 4.76. The maximum Gasteiger partial charge on any atom is 0.239 e. The van der Waals surface area contributed by atoms with E-state index in [1.165, 1.54) is 0 Å². The Morgan fingerprint density at radius 3 is 2.62 bits per heavy atom. The molecule has 2 atom stereocenters. The van der Waals surface area contributed by atoms with Crippen molar-refractivity contribution in [3.63, 3.8) is 0 Å². The number of ether oxygens (including phenoxy) is 1. The van der Waals surface area contributed by atoms with Crippen molar-refractivity contribution in [3.8, 4) is 0 Å². The molecule has 0 radical (unpaired) electrons. The Bertz CT molecular complexity index is 194. The normalized spacial score (nSPS) is 29.0. The maximum atomic E-state index is 9.47. The van der Waals surface area contributed by atoms with E-state index in [9.17, 15) is 5.11 Å². The van der Waals surface area contributed by atoms with Crippen molar-refractivity contribution in [3.05, 3.63) is 0 Å². The average Bonchev–Trinajstić information content (AvgIpc) is 2.32. The molecule has 1 aliphatic rings. The molecule has 4 heteroatoms. The summed E-state index contributed by atoms with van der Waals surface area (Å²) < 4.78 is 5.26. The minimum Gasteiger partial charge on any atom is -0.351 e. The summed E-state index contributed by atoms with van der Waals surface area (Å²) in [5, 5.41) is 17.2. The van der Waals surface area contributed by atoms with Gasteiger partial charge in [0.15, 0.2) is 0 Å². The summed E-state index contributed by atoms with van der Waals surface area (Å²) in [4.78, 5) is 1.60. The molecule has 1 rings (SSSR count). The van der Waals surface area contributed by atoms with Crippen LogP contribution in [0.4, 0.5) is 0 Å². The molecule has 4 nitrogen and oxygen atoms in total. The molecule has 1 saturated heterocycles. The van der Waals surface area contributed by atoms with Crippen molar-refractivity contribution in [1.82, 2.24) is 4.90 Å². The molecule has 13 heavy (non-hydrogen) atoms. The molecular weight excluding hydrogens is 168 g/mol. The molecule has 0 bridgehead atoms. The lowest BCUT2D eigenvalue weighted by Gasteiger charge is -2.19. The molecule has 0 amide bonds. The summed E-state index contributed by atoms with van der Waals surface area (Å²) >= 11 is 0. The summed E-state index contributed by atoms with van der Waals surface area (Å²) in [6, 6.07) is 0. The van der Waals surface area contributed by atoms with Crippen molar-refractivity contribution < 1.29 is 9.84 Å². The number of rotatable bonds is 3. The highest BCUT2D eigenvalue weighted by Gasteiger charge is 2.37. The molecule has 0 aromatic rings. The van der Waals surface area contributed by atoms with Crippen molar-refractivity contribution in [2.24, 2.45) is 5.92 Å². The lowest BCUT2D eigenvalue weighted by Crippen LogP contribution is -2.35. The van der Waals surface area contributed by atoms with E-state index in [1.54, 1.807) is 4.90 Å².